The van der Waals surface area contributed by atoms with E-state index in [1.54, 1.807) is 11.3 Å². The van der Waals surface area contributed by atoms with Crippen LogP contribution in [0.1, 0.15) is 17.2 Å². The normalized spacial score (nSPS) is 27.1. The van der Waals surface area contributed by atoms with Crippen LogP contribution in [0.5, 0.6) is 0 Å². The predicted octanol–water partition coefficient (Wildman–Crippen LogP) is 1.99. The maximum absolute atomic E-state index is 10.7. The van der Waals surface area contributed by atoms with Crippen molar-refractivity contribution in [3.05, 3.63) is 21.3 Å². The van der Waals surface area contributed by atoms with Gasteiger partial charge in [-0.05, 0) is 12.5 Å². The lowest BCUT2D eigenvalue weighted by Crippen LogP contribution is -2.13. The van der Waals surface area contributed by atoms with E-state index in [0.717, 1.165) is 11.4 Å². The van der Waals surface area contributed by atoms with E-state index < -0.39 is 0 Å². The minimum atomic E-state index is -0.190. The first-order valence-corrected chi connectivity index (χ1v) is 4.97. The van der Waals surface area contributed by atoms with Gasteiger partial charge in [0.05, 0.1) is 5.02 Å². The second-order valence-corrected chi connectivity index (χ2v) is 4.40. The van der Waals surface area contributed by atoms with Crippen LogP contribution in [0.3, 0.4) is 0 Å². The summed E-state index contributed by atoms with van der Waals surface area (Å²) in [4.78, 5) is 11.9. The van der Waals surface area contributed by atoms with Crippen molar-refractivity contribution in [3.63, 3.8) is 0 Å². The summed E-state index contributed by atoms with van der Waals surface area (Å²) in [5.41, 5.74) is 5.16. The van der Waals surface area contributed by atoms with Crippen molar-refractivity contribution < 1.29 is 4.79 Å². The van der Waals surface area contributed by atoms with Crippen LogP contribution in [0.2, 0.25) is 5.02 Å². The summed E-state index contributed by atoms with van der Waals surface area (Å²) < 4.78 is 0. The molecule has 1 fully saturated rings. The zero-order chi connectivity index (χ0) is 8.72. The van der Waals surface area contributed by atoms with Crippen LogP contribution in [0.25, 0.3) is 0 Å². The molecule has 0 spiro atoms. The van der Waals surface area contributed by atoms with Crippen LogP contribution in [-0.4, -0.2) is 5.91 Å². The summed E-state index contributed by atoms with van der Waals surface area (Å²) in [6.45, 7) is 0. The minimum absolute atomic E-state index is 0.0553. The van der Waals surface area contributed by atoms with Gasteiger partial charge in [0.15, 0.2) is 0 Å². The molecule has 0 radical (unpaired) electrons. The second-order valence-electron chi connectivity index (χ2n) is 3.02. The van der Waals surface area contributed by atoms with Crippen molar-refractivity contribution in [1.29, 1.82) is 0 Å². The Hall–Kier alpha value is -0.540. The van der Waals surface area contributed by atoms with E-state index in [1.807, 2.05) is 11.4 Å². The van der Waals surface area contributed by atoms with Gasteiger partial charge in [-0.2, -0.15) is 0 Å². The van der Waals surface area contributed by atoms with Gasteiger partial charge in [-0.1, -0.05) is 11.6 Å². The summed E-state index contributed by atoms with van der Waals surface area (Å²) in [6.07, 6.45) is 0.895. The van der Waals surface area contributed by atoms with Gasteiger partial charge in [0.2, 0.25) is 5.91 Å². The number of hydrogen-bond acceptors (Lipinski definition) is 2. The number of thiophene rings is 1. The van der Waals surface area contributed by atoms with Gasteiger partial charge < -0.3 is 5.73 Å². The van der Waals surface area contributed by atoms with E-state index in [0.29, 0.717) is 5.92 Å². The fraction of sp³-hybridized carbons (Fsp3) is 0.375. The van der Waals surface area contributed by atoms with Crippen LogP contribution in [0, 0.1) is 5.92 Å². The van der Waals surface area contributed by atoms with Crippen molar-refractivity contribution in [1.82, 2.24) is 0 Å². The molecule has 1 aromatic heterocycles. The predicted molar refractivity (Wildman–Crippen MR) is 49.4 cm³/mol. The van der Waals surface area contributed by atoms with Gasteiger partial charge in [-0.25, -0.2) is 0 Å². The first-order valence-electron chi connectivity index (χ1n) is 3.71. The highest BCUT2D eigenvalue weighted by molar-refractivity contribution is 7.10. The monoisotopic (exact) mass is 201 g/mol. The largest absolute Gasteiger partial charge is 0.369 e. The molecule has 0 aromatic carbocycles. The third-order valence-electron chi connectivity index (χ3n) is 2.11. The van der Waals surface area contributed by atoms with Gasteiger partial charge in [0, 0.05) is 22.1 Å². The molecule has 1 saturated carbocycles. The third kappa shape index (κ3) is 1.34. The molecule has 0 saturated heterocycles. The van der Waals surface area contributed by atoms with Gasteiger partial charge in [-0.15, -0.1) is 11.3 Å². The molecule has 2 rings (SSSR count). The molecule has 4 heteroatoms. The molecule has 2 unspecified atom stereocenters. The number of carbonyl (C=O) groups excluding carboxylic acids is 1. The topological polar surface area (TPSA) is 43.1 Å². The van der Waals surface area contributed by atoms with E-state index >= 15 is 0 Å². The lowest BCUT2D eigenvalue weighted by atomic mass is 10.2. The molecule has 2 N–H and O–H groups in total. The van der Waals surface area contributed by atoms with Gasteiger partial charge in [0.25, 0.3) is 0 Å². The smallest absolute Gasteiger partial charge is 0.221 e. The van der Waals surface area contributed by atoms with Gasteiger partial charge >= 0.3 is 0 Å². The Morgan fingerprint density at radius 3 is 2.92 bits per heavy atom. The first-order chi connectivity index (χ1) is 5.68. The Kier molecular flexibility index (Phi) is 1.85. The maximum Gasteiger partial charge on any atom is 0.221 e. The number of hydrogen-bond donors (Lipinski definition) is 1. The third-order valence-corrected chi connectivity index (χ3v) is 3.52. The fourth-order valence-corrected chi connectivity index (χ4v) is 2.61. The number of nitrogens with two attached hydrogens (primary N) is 1. The highest BCUT2D eigenvalue weighted by atomic mass is 35.5. The van der Waals surface area contributed by atoms with E-state index in [2.05, 4.69) is 0 Å². The van der Waals surface area contributed by atoms with Crippen molar-refractivity contribution >= 4 is 28.8 Å². The standard InChI is InChI=1S/C8H8ClNOS/c9-4-1-7(12-3-4)5-2-6(5)8(10)11/h1,3,5-6H,2H2,(H2,10,11). The fourth-order valence-electron chi connectivity index (χ4n) is 1.35. The van der Waals surface area contributed by atoms with Crippen molar-refractivity contribution in [2.45, 2.75) is 12.3 Å². The average molecular weight is 202 g/mol. The first kappa shape index (κ1) is 8.08. The molecule has 1 aliphatic carbocycles. The van der Waals surface area contributed by atoms with Crippen LogP contribution in [0.4, 0.5) is 0 Å². The molecule has 1 amide bonds. The summed E-state index contributed by atoms with van der Waals surface area (Å²) >= 11 is 7.36. The number of rotatable bonds is 2. The maximum atomic E-state index is 10.7. The number of amides is 1. The van der Waals surface area contributed by atoms with Crippen LogP contribution in [-0.2, 0) is 4.79 Å². The molecular formula is C8H8ClNOS. The van der Waals surface area contributed by atoms with Gasteiger partial charge in [0.1, 0.15) is 0 Å². The SMILES string of the molecule is NC(=O)C1CC1c1cc(Cl)cs1. The molecule has 1 aromatic rings. The quantitative estimate of drug-likeness (QED) is 0.782. The Labute approximate surface area is 79.3 Å². The molecule has 2 nitrogen and oxygen atoms in total. The zero-order valence-corrected chi connectivity index (χ0v) is 7.86. The van der Waals surface area contributed by atoms with E-state index in [1.165, 1.54) is 4.88 Å². The number of primary amides is 1. The Morgan fingerprint density at radius 2 is 2.50 bits per heavy atom. The highest BCUT2D eigenvalue weighted by Gasteiger charge is 2.43. The van der Waals surface area contributed by atoms with Gasteiger partial charge in [-0.3, -0.25) is 4.79 Å². The Bertz CT molecular complexity index is 323. The summed E-state index contributed by atoms with van der Waals surface area (Å²) in [5.74, 6) is 0.212. The Balaban J connectivity index is 2.10. The average Bonchev–Trinajstić information content (AvgIpc) is 2.70. The van der Waals surface area contributed by atoms with Crippen molar-refractivity contribution in [2.24, 2.45) is 11.7 Å². The molecule has 2 atom stereocenters. The molecule has 1 aliphatic rings. The number of halogens is 1. The summed E-state index contributed by atoms with van der Waals surface area (Å²) in [7, 11) is 0. The number of carbonyl (C=O) groups is 1. The highest BCUT2D eigenvalue weighted by Crippen LogP contribution is 2.49. The second kappa shape index (κ2) is 2.75. The lowest BCUT2D eigenvalue weighted by molar-refractivity contribution is -0.119. The molecule has 64 valence electrons. The van der Waals surface area contributed by atoms with Crippen molar-refractivity contribution in [3.8, 4) is 0 Å². The molecular weight excluding hydrogens is 194 g/mol. The molecule has 1 heterocycles. The van der Waals surface area contributed by atoms with Crippen LogP contribution in [0.15, 0.2) is 11.4 Å². The summed E-state index contributed by atoms with van der Waals surface area (Å²) in [5, 5.41) is 2.64. The zero-order valence-electron chi connectivity index (χ0n) is 6.29. The minimum Gasteiger partial charge on any atom is -0.369 e. The van der Waals surface area contributed by atoms with E-state index in [4.69, 9.17) is 17.3 Å². The van der Waals surface area contributed by atoms with E-state index in [-0.39, 0.29) is 11.8 Å². The Morgan fingerprint density at radius 1 is 1.75 bits per heavy atom. The van der Waals surface area contributed by atoms with Crippen LogP contribution < -0.4 is 5.73 Å². The summed E-state index contributed by atoms with van der Waals surface area (Å²) in [6, 6.07) is 1.92. The molecule has 0 aliphatic heterocycles. The molecule has 0 bridgehead atoms. The molecule has 12 heavy (non-hydrogen) atoms. The lowest BCUT2D eigenvalue weighted by Gasteiger charge is -1.90. The van der Waals surface area contributed by atoms with E-state index in [9.17, 15) is 4.79 Å². The van der Waals surface area contributed by atoms with Crippen molar-refractivity contribution in [2.75, 3.05) is 0 Å². The van der Waals surface area contributed by atoms with Crippen LogP contribution >= 0.6 is 22.9 Å².